The van der Waals surface area contributed by atoms with E-state index >= 15 is 0 Å². The Morgan fingerprint density at radius 3 is 2.71 bits per heavy atom. The average Bonchev–Trinajstić information content (AvgIpc) is 3.00. The number of nitrogen functional groups attached to an aromatic ring is 1. The van der Waals surface area contributed by atoms with Gasteiger partial charge in [-0.25, -0.2) is 0 Å². The topological polar surface area (TPSA) is 82.6 Å². The highest BCUT2D eigenvalue weighted by Gasteiger charge is 2.22. The third-order valence-corrected chi connectivity index (χ3v) is 4.17. The van der Waals surface area contributed by atoms with E-state index in [2.05, 4.69) is 4.90 Å². The van der Waals surface area contributed by atoms with E-state index < -0.39 is 0 Å². The Morgan fingerprint density at radius 2 is 2.14 bits per heavy atom. The molecule has 4 N–H and O–H groups in total. The second-order valence-corrected chi connectivity index (χ2v) is 5.58. The summed E-state index contributed by atoms with van der Waals surface area (Å²) >= 11 is 0. The maximum atomic E-state index is 9.28. The smallest absolute Gasteiger partial charge is 0.130 e. The minimum absolute atomic E-state index is 0.0152. The van der Waals surface area contributed by atoms with Gasteiger partial charge < -0.3 is 15.6 Å². The molecule has 0 aliphatic heterocycles. The van der Waals surface area contributed by atoms with E-state index in [1.807, 2.05) is 18.2 Å². The molecule has 2 rings (SSSR count). The largest absolute Gasteiger partial charge is 0.496 e. The van der Waals surface area contributed by atoms with Crippen LogP contribution in [0, 0.1) is 5.41 Å². The lowest BCUT2D eigenvalue weighted by Gasteiger charge is -2.28. The minimum Gasteiger partial charge on any atom is -0.496 e. The van der Waals surface area contributed by atoms with Crippen LogP contribution in [0.5, 0.6) is 5.75 Å². The molecule has 1 fully saturated rings. The molecule has 5 heteroatoms. The zero-order valence-electron chi connectivity index (χ0n) is 12.6. The fourth-order valence-corrected chi connectivity index (χ4v) is 3.08. The number of amidine groups is 1. The lowest BCUT2D eigenvalue weighted by Crippen LogP contribution is -2.35. The van der Waals surface area contributed by atoms with Gasteiger partial charge in [0.1, 0.15) is 11.6 Å². The zero-order valence-corrected chi connectivity index (χ0v) is 12.6. The number of hydrogen-bond acceptors (Lipinski definition) is 4. The van der Waals surface area contributed by atoms with Gasteiger partial charge in [0.05, 0.1) is 19.3 Å². The lowest BCUT2D eigenvalue weighted by atomic mass is 10.1. The summed E-state index contributed by atoms with van der Waals surface area (Å²) in [4.78, 5) is 2.34. The van der Waals surface area contributed by atoms with Gasteiger partial charge >= 0.3 is 0 Å². The summed E-state index contributed by atoms with van der Waals surface area (Å²) < 4.78 is 5.33. The number of rotatable bonds is 7. The lowest BCUT2D eigenvalue weighted by molar-refractivity contribution is 0.144. The molecule has 1 aromatic rings. The predicted octanol–water partition coefficient (Wildman–Crippen LogP) is 1.72. The molecule has 1 aliphatic rings. The number of aliphatic hydroxyl groups is 1. The fourth-order valence-electron chi connectivity index (χ4n) is 3.08. The number of nitrogens with one attached hydrogen (secondary N) is 1. The van der Waals surface area contributed by atoms with Gasteiger partial charge in [-0.05, 0) is 30.5 Å². The van der Waals surface area contributed by atoms with Gasteiger partial charge in [-0.3, -0.25) is 10.3 Å². The molecule has 5 nitrogen and oxygen atoms in total. The number of benzene rings is 1. The van der Waals surface area contributed by atoms with Crippen LogP contribution < -0.4 is 10.5 Å². The summed E-state index contributed by atoms with van der Waals surface area (Å²) in [5, 5.41) is 16.8. The third kappa shape index (κ3) is 3.95. The van der Waals surface area contributed by atoms with Crippen LogP contribution in [-0.4, -0.2) is 42.1 Å². The zero-order chi connectivity index (χ0) is 15.2. The second-order valence-electron chi connectivity index (χ2n) is 5.58. The first kappa shape index (κ1) is 15.8. The normalized spacial score (nSPS) is 15.6. The molecule has 116 valence electrons. The number of methoxy groups -OCH3 is 1. The van der Waals surface area contributed by atoms with Crippen LogP contribution in [0.15, 0.2) is 18.2 Å². The molecule has 21 heavy (non-hydrogen) atoms. The number of nitrogens with zero attached hydrogens (tertiary/aromatic N) is 1. The highest BCUT2D eigenvalue weighted by molar-refractivity contribution is 5.97. The fraction of sp³-hybridized carbons (Fsp3) is 0.562. The van der Waals surface area contributed by atoms with Gasteiger partial charge in [-0.15, -0.1) is 0 Å². The van der Waals surface area contributed by atoms with E-state index in [9.17, 15) is 5.11 Å². The van der Waals surface area contributed by atoms with Crippen molar-refractivity contribution in [3.8, 4) is 5.75 Å². The second kappa shape index (κ2) is 7.43. The minimum atomic E-state index is 0.0152. The Kier molecular flexibility index (Phi) is 5.59. The van der Waals surface area contributed by atoms with Gasteiger partial charge in [-0.1, -0.05) is 18.9 Å². The maximum Gasteiger partial charge on any atom is 0.130 e. The van der Waals surface area contributed by atoms with Gasteiger partial charge in [0.15, 0.2) is 0 Å². The van der Waals surface area contributed by atoms with Gasteiger partial charge in [0, 0.05) is 19.1 Å². The van der Waals surface area contributed by atoms with E-state index in [4.69, 9.17) is 15.9 Å². The Labute approximate surface area is 126 Å². The average molecular weight is 291 g/mol. The van der Waals surface area contributed by atoms with E-state index in [0.717, 1.165) is 12.1 Å². The van der Waals surface area contributed by atoms with Gasteiger partial charge in [-0.2, -0.15) is 0 Å². The van der Waals surface area contributed by atoms with E-state index in [1.54, 1.807) is 7.11 Å². The van der Waals surface area contributed by atoms with Crippen LogP contribution in [0.4, 0.5) is 0 Å². The summed E-state index contributed by atoms with van der Waals surface area (Å²) in [7, 11) is 1.59. The molecule has 0 bridgehead atoms. The van der Waals surface area contributed by atoms with Crippen molar-refractivity contribution in [2.24, 2.45) is 5.73 Å². The first-order valence-electron chi connectivity index (χ1n) is 7.52. The standard InChI is InChI=1S/C16H25N3O2/c1-21-15-10-12(6-7-14(15)16(17)18)11-19(8-9-20)13-4-2-3-5-13/h6-7,10,13,20H,2-5,8-9,11H2,1H3,(H3,17,18). The molecule has 1 saturated carbocycles. The van der Waals surface area contributed by atoms with Crippen molar-refractivity contribution >= 4 is 5.84 Å². The molecule has 0 amide bonds. The molecule has 0 saturated heterocycles. The van der Waals surface area contributed by atoms with Crippen molar-refractivity contribution in [3.05, 3.63) is 29.3 Å². The number of nitrogens with two attached hydrogens (primary N) is 1. The van der Waals surface area contributed by atoms with E-state index in [1.165, 1.54) is 25.7 Å². The van der Waals surface area contributed by atoms with Crippen molar-refractivity contribution in [2.45, 2.75) is 38.3 Å². The summed E-state index contributed by atoms with van der Waals surface area (Å²) in [5.41, 5.74) is 7.29. The molecule has 0 aromatic heterocycles. The predicted molar refractivity (Wildman–Crippen MR) is 83.8 cm³/mol. The Balaban J connectivity index is 2.14. The molecule has 0 unspecified atom stereocenters. The highest BCUT2D eigenvalue weighted by Crippen LogP contribution is 2.26. The van der Waals surface area contributed by atoms with Gasteiger partial charge in [0.2, 0.25) is 0 Å². The monoisotopic (exact) mass is 291 g/mol. The SMILES string of the molecule is COc1cc(CN(CCO)C2CCCC2)ccc1C(=N)N. The van der Waals surface area contributed by atoms with E-state index in [0.29, 0.717) is 23.9 Å². The van der Waals surface area contributed by atoms with Crippen LogP contribution in [-0.2, 0) is 6.54 Å². The van der Waals surface area contributed by atoms with Gasteiger partial charge in [0.25, 0.3) is 0 Å². The molecule has 1 aliphatic carbocycles. The summed E-state index contributed by atoms with van der Waals surface area (Å²) in [6.07, 6.45) is 4.98. The maximum absolute atomic E-state index is 9.28. The Hall–Kier alpha value is -1.59. The van der Waals surface area contributed by atoms with Crippen molar-refractivity contribution < 1.29 is 9.84 Å². The number of hydrogen-bond donors (Lipinski definition) is 3. The molecular weight excluding hydrogens is 266 g/mol. The number of ether oxygens (including phenoxy) is 1. The van der Waals surface area contributed by atoms with Crippen LogP contribution in [0.3, 0.4) is 0 Å². The van der Waals surface area contributed by atoms with Crippen LogP contribution >= 0.6 is 0 Å². The molecule has 0 atom stereocenters. The Bertz CT molecular complexity index is 484. The molecular formula is C16H25N3O2. The Morgan fingerprint density at radius 1 is 1.43 bits per heavy atom. The quantitative estimate of drug-likeness (QED) is 0.527. The number of aliphatic hydroxyl groups excluding tert-OH is 1. The van der Waals surface area contributed by atoms with Crippen LogP contribution in [0.25, 0.3) is 0 Å². The van der Waals surface area contributed by atoms with Crippen molar-refractivity contribution in [1.82, 2.24) is 4.90 Å². The highest BCUT2D eigenvalue weighted by atomic mass is 16.5. The summed E-state index contributed by atoms with van der Waals surface area (Å²) in [6, 6.07) is 6.33. The van der Waals surface area contributed by atoms with Crippen LogP contribution in [0.2, 0.25) is 0 Å². The van der Waals surface area contributed by atoms with Crippen molar-refractivity contribution in [3.63, 3.8) is 0 Å². The van der Waals surface area contributed by atoms with E-state index in [-0.39, 0.29) is 12.4 Å². The molecule has 0 spiro atoms. The first-order valence-corrected chi connectivity index (χ1v) is 7.52. The van der Waals surface area contributed by atoms with Crippen molar-refractivity contribution in [2.75, 3.05) is 20.3 Å². The van der Waals surface area contributed by atoms with Crippen molar-refractivity contribution in [1.29, 1.82) is 5.41 Å². The summed E-state index contributed by atoms with van der Waals surface area (Å²) in [5.74, 6) is 0.650. The van der Waals surface area contributed by atoms with Crippen LogP contribution in [0.1, 0.15) is 36.8 Å². The molecule has 0 radical (unpaired) electrons. The molecule has 1 aromatic carbocycles. The third-order valence-electron chi connectivity index (χ3n) is 4.17. The molecule has 0 heterocycles. The first-order chi connectivity index (χ1) is 10.2. The summed E-state index contributed by atoms with van der Waals surface area (Å²) in [6.45, 7) is 1.67.